The number of nitrogens with zero attached hydrogens (tertiary/aromatic N) is 2. The van der Waals surface area contributed by atoms with Gasteiger partial charge in [0.05, 0.1) is 5.69 Å². The van der Waals surface area contributed by atoms with Crippen LogP contribution in [0.3, 0.4) is 0 Å². The van der Waals surface area contributed by atoms with E-state index in [1.54, 1.807) is 6.33 Å². The molecule has 4 nitrogen and oxygen atoms in total. The highest BCUT2D eigenvalue weighted by Gasteiger charge is 2.19. The first kappa shape index (κ1) is 13.8. The van der Waals surface area contributed by atoms with Gasteiger partial charge in [0.1, 0.15) is 6.33 Å². The molecule has 0 radical (unpaired) electrons. The summed E-state index contributed by atoms with van der Waals surface area (Å²) < 4.78 is 0. The maximum atomic E-state index is 5.13. The Hall–Kier alpha value is -1.23. The first-order valence-corrected chi connectivity index (χ1v) is 6.17. The van der Waals surface area contributed by atoms with Crippen LogP contribution in [0.4, 0.5) is 0 Å². The molecule has 0 aromatic carbocycles. The molecule has 0 aliphatic rings. The van der Waals surface area contributed by atoms with Gasteiger partial charge in [-0.15, -0.1) is 0 Å². The molecule has 0 saturated heterocycles. The molecule has 1 heterocycles. The van der Waals surface area contributed by atoms with Gasteiger partial charge >= 0.3 is 0 Å². The van der Waals surface area contributed by atoms with Crippen molar-refractivity contribution in [1.82, 2.24) is 20.6 Å². The molecule has 0 saturated carbocycles. The molecule has 1 rings (SSSR count). The predicted octanol–water partition coefficient (Wildman–Crippen LogP) is 1.76. The van der Waals surface area contributed by atoms with E-state index in [0.29, 0.717) is 11.7 Å². The average Bonchev–Trinajstić information content (AvgIpc) is 2.26. The van der Waals surface area contributed by atoms with Crippen molar-refractivity contribution in [1.29, 1.82) is 0 Å². The molecular weight excluding hydrogens is 232 g/mol. The van der Waals surface area contributed by atoms with Gasteiger partial charge in [0.2, 0.25) is 0 Å². The fourth-order valence-electron chi connectivity index (χ4n) is 1.56. The van der Waals surface area contributed by atoms with E-state index in [-0.39, 0.29) is 5.41 Å². The largest absolute Gasteiger partial charge is 0.363 e. The van der Waals surface area contributed by atoms with Crippen LogP contribution in [0.15, 0.2) is 12.5 Å². The number of hydrogen-bond donors (Lipinski definition) is 2. The van der Waals surface area contributed by atoms with Crippen LogP contribution in [-0.4, -0.2) is 21.6 Å². The maximum absolute atomic E-state index is 5.13. The molecule has 0 bridgehead atoms. The van der Waals surface area contributed by atoms with E-state index in [1.165, 1.54) is 0 Å². The van der Waals surface area contributed by atoms with Gasteiger partial charge in [0, 0.05) is 30.3 Å². The minimum Gasteiger partial charge on any atom is -0.363 e. The molecule has 0 spiro atoms. The Bertz CT molecular complexity index is 384. The lowest BCUT2D eigenvalue weighted by Crippen LogP contribution is -2.35. The molecule has 94 valence electrons. The second kappa shape index (κ2) is 5.91. The zero-order valence-electron chi connectivity index (χ0n) is 10.9. The van der Waals surface area contributed by atoms with Crippen molar-refractivity contribution < 1.29 is 0 Å². The Morgan fingerprint density at radius 3 is 2.65 bits per heavy atom. The molecule has 17 heavy (non-hydrogen) atoms. The summed E-state index contributed by atoms with van der Waals surface area (Å²) in [6.45, 7) is 9.91. The second-order valence-electron chi connectivity index (χ2n) is 4.86. The lowest BCUT2D eigenvalue weighted by molar-refractivity contribution is 0.555. The lowest BCUT2D eigenvalue weighted by Gasteiger charge is -2.21. The van der Waals surface area contributed by atoms with E-state index in [9.17, 15) is 0 Å². The van der Waals surface area contributed by atoms with Gasteiger partial charge in [-0.2, -0.15) is 0 Å². The topological polar surface area (TPSA) is 49.8 Å². The van der Waals surface area contributed by atoms with Gasteiger partial charge < -0.3 is 10.6 Å². The smallest absolute Gasteiger partial charge is 0.166 e. The van der Waals surface area contributed by atoms with Crippen LogP contribution >= 0.6 is 12.2 Å². The van der Waals surface area contributed by atoms with Crippen LogP contribution in [-0.2, 0) is 12.0 Å². The van der Waals surface area contributed by atoms with E-state index in [4.69, 9.17) is 12.2 Å². The summed E-state index contributed by atoms with van der Waals surface area (Å²) in [5, 5.41) is 6.87. The minimum atomic E-state index is 0.0136. The van der Waals surface area contributed by atoms with Crippen LogP contribution < -0.4 is 10.6 Å². The number of hydrogen-bond acceptors (Lipinski definition) is 3. The molecule has 0 aliphatic carbocycles. The van der Waals surface area contributed by atoms with Crippen molar-refractivity contribution in [2.75, 3.05) is 6.54 Å². The second-order valence-corrected chi connectivity index (χ2v) is 5.27. The normalized spacial score (nSPS) is 11.1. The first-order valence-electron chi connectivity index (χ1n) is 5.76. The third-order valence-electron chi connectivity index (χ3n) is 2.28. The fourth-order valence-corrected chi connectivity index (χ4v) is 1.78. The molecule has 0 aliphatic heterocycles. The van der Waals surface area contributed by atoms with E-state index in [1.807, 2.05) is 13.1 Å². The average molecular weight is 252 g/mol. The SMILES string of the molecule is CCNC(=S)NCc1cncnc1C(C)(C)C. The maximum Gasteiger partial charge on any atom is 0.166 e. The number of aromatic nitrogens is 2. The van der Waals surface area contributed by atoms with Gasteiger partial charge in [-0.1, -0.05) is 20.8 Å². The van der Waals surface area contributed by atoms with Crippen LogP contribution in [0.1, 0.15) is 39.0 Å². The van der Waals surface area contributed by atoms with Crippen molar-refractivity contribution in [2.45, 2.75) is 39.7 Å². The molecule has 0 fully saturated rings. The molecule has 5 heteroatoms. The summed E-state index contributed by atoms with van der Waals surface area (Å²) in [7, 11) is 0. The molecule has 1 aromatic heterocycles. The zero-order valence-corrected chi connectivity index (χ0v) is 11.7. The predicted molar refractivity (Wildman–Crippen MR) is 73.8 cm³/mol. The fraction of sp³-hybridized carbons (Fsp3) is 0.583. The van der Waals surface area contributed by atoms with Crippen molar-refractivity contribution >= 4 is 17.3 Å². The highest BCUT2D eigenvalue weighted by atomic mass is 32.1. The third-order valence-corrected chi connectivity index (χ3v) is 2.56. The summed E-state index contributed by atoms with van der Waals surface area (Å²) in [4.78, 5) is 8.43. The Morgan fingerprint density at radius 2 is 2.06 bits per heavy atom. The molecule has 0 atom stereocenters. The quantitative estimate of drug-likeness (QED) is 0.803. The van der Waals surface area contributed by atoms with Gasteiger partial charge in [-0.3, -0.25) is 0 Å². The Morgan fingerprint density at radius 1 is 1.35 bits per heavy atom. The van der Waals surface area contributed by atoms with E-state index < -0.39 is 0 Å². The lowest BCUT2D eigenvalue weighted by atomic mass is 9.89. The Kier molecular flexibility index (Phi) is 4.81. The van der Waals surface area contributed by atoms with Crippen molar-refractivity contribution in [3.05, 3.63) is 23.8 Å². The third kappa shape index (κ3) is 4.26. The first-order chi connectivity index (χ1) is 7.95. The van der Waals surface area contributed by atoms with Gasteiger partial charge in [0.15, 0.2) is 5.11 Å². The monoisotopic (exact) mass is 252 g/mol. The number of thiocarbonyl (C=S) groups is 1. The molecule has 0 amide bonds. The zero-order chi connectivity index (χ0) is 12.9. The Labute approximate surface area is 108 Å². The molecule has 1 aromatic rings. The van der Waals surface area contributed by atoms with Gasteiger partial charge in [-0.05, 0) is 19.1 Å². The van der Waals surface area contributed by atoms with Crippen LogP contribution in [0.25, 0.3) is 0 Å². The van der Waals surface area contributed by atoms with Gasteiger partial charge in [-0.25, -0.2) is 9.97 Å². The molecular formula is C12H20N4S. The van der Waals surface area contributed by atoms with Crippen LogP contribution in [0.5, 0.6) is 0 Å². The summed E-state index contributed by atoms with van der Waals surface area (Å²) in [6.07, 6.45) is 3.43. The van der Waals surface area contributed by atoms with E-state index in [2.05, 4.69) is 41.4 Å². The van der Waals surface area contributed by atoms with Crippen molar-refractivity contribution in [3.63, 3.8) is 0 Å². The minimum absolute atomic E-state index is 0.0136. The summed E-state index contributed by atoms with van der Waals surface area (Å²) >= 11 is 5.13. The molecule has 0 unspecified atom stereocenters. The highest BCUT2D eigenvalue weighted by molar-refractivity contribution is 7.80. The van der Waals surface area contributed by atoms with Crippen LogP contribution in [0, 0.1) is 0 Å². The van der Waals surface area contributed by atoms with E-state index in [0.717, 1.165) is 17.8 Å². The number of rotatable bonds is 3. The van der Waals surface area contributed by atoms with E-state index >= 15 is 0 Å². The Balaban J connectivity index is 2.74. The highest BCUT2D eigenvalue weighted by Crippen LogP contribution is 2.22. The standard InChI is InChI=1S/C12H20N4S/c1-5-14-11(17)15-7-9-6-13-8-16-10(9)12(2,3)4/h6,8H,5,7H2,1-4H3,(H2,14,15,17). The molecule has 2 N–H and O–H groups in total. The van der Waals surface area contributed by atoms with Gasteiger partial charge in [0.25, 0.3) is 0 Å². The summed E-state index contributed by atoms with van der Waals surface area (Å²) in [5.74, 6) is 0. The summed E-state index contributed by atoms with van der Waals surface area (Å²) in [5.41, 5.74) is 2.15. The number of nitrogens with one attached hydrogen (secondary N) is 2. The van der Waals surface area contributed by atoms with Crippen molar-refractivity contribution in [2.24, 2.45) is 0 Å². The summed E-state index contributed by atoms with van der Waals surface area (Å²) in [6, 6.07) is 0. The van der Waals surface area contributed by atoms with Crippen molar-refractivity contribution in [3.8, 4) is 0 Å². The van der Waals surface area contributed by atoms with Crippen LogP contribution in [0.2, 0.25) is 0 Å².